The largest absolute Gasteiger partial charge is 0.493 e. The van der Waals surface area contributed by atoms with E-state index in [-0.39, 0.29) is 17.1 Å². The maximum atomic E-state index is 11.6. The standard InChI is InChI=1S/C22H28O14/c1-31-10-4-8-2-3-14(25)32-9(8)5-11(10)33-22-19(30)20(16(27)13(7-24)35-22)36-21-18(29)17(28)15(26)12(6-23)34-21/h2-5,12-13,15-24,26-30H,6-7H2,1H3/t12-,13-,15-,16-,17+,18-,19-,20+,21+,22-/m1/s1. The molecule has 7 N–H and O–H groups in total. The van der Waals surface area contributed by atoms with E-state index in [9.17, 15) is 40.5 Å². The highest BCUT2D eigenvalue weighted by Gasteiger charge is 2.51. The smallest absolute Gasteiger partial charge is 0.336 e. The van der Waals surface area contributed by atoms with Crippen LogP contribution in [0.3, 0.4) is 0 Å². The predicted octanol–water partition coefficient (Wildman–Crippen LogP) is -3.20. The van der Waals surface area contributed by atoms with Gasteiger partial charge in [0, 0.05) is 17.5 Å². The van der Waals surface area contributed by atoms with Crippen LogP contribution in [-0.2, 0) is 14.2 Å². The van der Waals surface area contributed by atoms with Crippen LogP contribution in [0.2, 0.25) is 0 Å². The lowest BCUT2D eigenvalue weighted by molar-refractivity contribution is -0.352. The second-order valence-corrected chi connectivity index (χ2v) is 8.42. The van der Waals surface area contributed by atoms with Gasteiger partial charge in [0.15, 0.2) is 17.8 Å². The van der Waals surface area contributed by atoms with Crippen LogP contribution in [0.15, 0.2) is 33.5 Å². The molecule has 1 aromatic heterocycles. The second kappa shape index (κ2) is 10.9. The van der Waals surface area contributed by atoms with Crippen LogP contribution in [0.5, 0.6) is 11.5 Å². The summed E-state index contributed by atoms with van der Waals surface area (Å²) >= 11 is 0. The average molecular weight is 516 g/mol. The van der Waals surface area contributed by atoms with Crippen molar-refractivity contribution < 1.29 is 63.8 Å². The second-order valence-electron chi connectivity index (χ2n) is 8.42. The van der Waals surface area contributed by atoms with E-state index >= 15 is 0 Å². The van der Waals surface area contributed by atoms with Gasteiger partial charge in [0.1, 0.15) is 54.4 Å². The van der Waals surface area contributed by atoms with E-state index in [0.29, 0.717) is 5.39 Å². The van der Waals surface area contributed by atoms with Gasteiger partial charge in [0.2, 0.25) is 6.29 Å². The Kier molecular flexibility index (Phi) is 8.11. The topological polar surface area (TPSA) is 218 Å². The molecule has 10 atom stereocenters. The van der Waals surface area contributed by atoms with Gasteiger partial charge in [-0.05, 0) is 12.1 Å². The predicted molar refractivity (Wildman–Crippen MR) is 116 cm³/mol. The summed E-state index contributed by atoms with van der Waals surface area (Å²) in [6.45, 7) is -1.43. The van der Waals surface area contributed by atoms with Gasteiger partial charge in [0.25, 0.3) is 0 Å². The van der Waals surface area contributed by atoms with E-state index in [1.54, 1.807) is 0 Å². The summed E-state index contributed by atoms with van der Waals surface area (Å²) in [6, 6.07) is 5.59. The first kappa shape index (κ1) is 26.7. The van der Waals surface area contributed by atoms with Gasteiger partial charge in [-0.3, -0.25) is 0 Å². The summed E-state index contributed by atoms with van der Waals surface area (Å²) in [5.74, 6) is 0.174. The first-order valence-electron chi connectivity index (χ1n) is 11.1. The summed E-state index contributed by atoms with van der Waals surface area (Å²) in [4.78, 5) is 11.6. The van der Waals surface area contributed by atoms with E-state index in [4.69, 9.17) is 28.1 Å². The van der Waals surface area contributed by atoms with E-state index in [2.05, 4.69) is 0 Å². The van der Waals surface area contributed by atoms with Crippen molar-refractivity contribution in [1.29, 1.82) is 0 Å². The first-order chi connectivity index (χ1) is 17.2. The number of aliphatic hydroxyl groups excluding tert-OH is 7. The van der Waals surface area contributed by atoms with Crippen molar-refractivity contribution in [2.24, 2.45) is 0 Å². The highest BCUT2D eigenvalue weighted by Crippen LogP contribution is 2.36. The third-order valence-electron chi connectivity index (χ3n) is 6.11. The molecule has 200 valence electrons. The Morgan fingerprint density at radius 1 is 0.806 bits per heavy atom. The van der Waals surface area contributed by atoms with Crippen LogP contribution in [0.25, 0.3) is 11.0 Å². The van der Waals surface area contributed by atoms with Gasteiger partial charge >= 0.3 is 5.63 Å². The summed E-state index contributed by atoms with van der Waals surface area (Å²) in [7, 11) is 1.36. The summed E-state index contributed by atoms with van der Waals surface area (Å²) in [5.41, 5.74) is -0.458. The summed E-state index contributed by atoms with van der Waals surface area (Å²) in [6.07, 6.45) is -16.1. The SMILES string of the molecule is COc1cc2ccc(=O)oc2cc1O[C@@H]1O[C@H](CO)[C@@H](O)[C@H](O[C@@H]2O[C@H](CO)[C@@H](O)[C@H](O)[C@H]2O)[C@H]1O. The van der Waals surface area contributed by atoms with Gasteiger partial charge in [-0.1, -0.05) is 0 Å². The Balaban J connectivity index is 1.60. The van der Waals surface area contributed by atoms with Gasteiger partial charge < -0.3 is 63.8 Å². The maximum absolute atomic E-state index is 11.6. The van der Waals surface area contributed by atoms with Crippen LogP contribution in [0, 0.1) is 0 Å². The average Bonchev–Trinajstić information content (AvgIpc) is 2.87. The molecule has 0 unspecified atom stereocenters. The van der Waals surface area contributed by atoms with Crippen LogP contribution >= 0.6 is 0 Å². The number of rotatable bonds is 7. The third-order valence-corrected chi connectivity index (χ3v) is 6.11. The zero-order valence-corrected chi connectivity index (χ0v) is 19.0. The fourth-order valence-electron chi connectivity index (χ4n) is 4.10. The zero-order chi connectivity index (χ0) is 26.1. The molecule has 2 aliphatic rings. The molecular weight excluding hydrogens is 488 g/mol. The molecule has 4 rings (SSSR count). The lowest BCUT2D eigenvalue weighted by Gasteiger charge is -2.45. The van der Waals surface area contributed by atoms with Crippen molar-refractivity contribution >= 4 is 11.0 Å². The lowest BCUT2D eigenvalue weighted by Crippen LogP contribution is -2.65. The normalized spacial score (nSPS) is 37.1. The molecule has 2 saturated heterocycles. The Hall–Kier alpha value is -2.37. The molecule has 2 aromatic rings. The molecule has 2 fully saturated rings. The minimum absolute atomic E-state index is 0.0110. The number of hydrogen-bond donors (Lipinski definition) is 7. The van der Waals surface area contributed by atoms with Crippen molar-refractivity contribution in [3.05, 3.63) is 34.7 Å². The quantitative estimate of drug-likeness (QED) is 0.180. The number of benzene rings is 1. The summed E-state index contributed by atoms with van der Waals surface area (Å²) < 4.78 is 32.5. The molecule has 0 saturated carbocycles. The number of methoxy groups -OCH3 is 1. The molecule has 0 bridgehead atoms. The van der Waals surface area contributed by atoms with Crippen LogP contribution in [0.1, 0.15) is 0 Å². The third kappa shape index (κ3) is 5.05. The van der Waals surface area contributed by atoms with Gasteiger partial charge in [-0.2, -0.15) is 0 Å². The Morgan fingerprint density at radius 3 is 2.14 bits per heavy atom. The molecule has 2 aliphatic heterocycles. The first-order valence-corrected chi connectivity index (χ1v) is 11.1. The minimum atomic E-state index is -1.81. The summed E-state index contributed by atoms with van der Waals surface area (Å²) in [5, 5.41) is 71.4. The van der Waals surface area contributed by atoms with Crippen molar-refractivity contribution in [3.63, 3.8) is 0 Å². The monoisotopic (exact) mass is 516 g/mol. The molecule has 0 radical (unpaired) electrons. The Bertz CT molecular complexity index is 1090. The number of ether oxygens (including phenoxy) is 5. The fourth-order valence-corrected chi connectivity index (χ4v) is 4.10. The van der Waals surface area contributed by atoms with E-state index in [0.717, 1.165) is 0 Å². The van der Waals surface area contributed by atoms with Crippen LogP contribution in [-0.4, -0.2) is 117 Å². The number of aliphatic hydroxyl groups is 7. The lowest BCUT2D eigenvalue weighted by atomic mass is 9.97. The Labute approximate surface area is 203 Å². The highest BCUT2D eigenvalue weighted by molar-refractivity contribution is 5.80. The molecule has 3 heterocycles. The molecule has 14 nitrogen and oxygen atoms in total. The molecule has 0 amide bonds. The minimum Gasteiger partial charge on any atom is -0.493 e. The van der Waals surface area contributed by atoms with Gasteiger partial charge in [-0.25, -0.2) is 4.79 Å². The molecule has 36 heavy (non-hydrogen) atoms. The van der Waals surface area contributed by atoms with E-state index in [1.165, 1.54) is 31.4 Å². The zero-order valence-electron chi connectivity index (χ0n) is 19.0. The van der Waals surface area contributed by atoms with Crippen molar-refractivity contribution in [1.82, 2.24) is 0 Å². The fraction of sp³-hybridized carbons (Fsp3) is 0.591. The van der Waals surface area contributed by atoms with Crippen LogP contribution in [0.4, 0.5) is 0 Å². The van der Waals surface area contributed by atoms with Crippen molar-refractivity contribution in [2.45, 2.75) is 61.4 Å². The number of fused-ring (bicyclic) bond motifs is 1. The molecule has 0 spiro atoms. The number of hydrogen-bond acceptors (Lipinski definition) is 14. The van der Waals surface area contributed by atoms with Gasteiger partial charge in [0.05, 0.1) is 20.3 Å². The highest BCUT2D eigenvalue weighted by atomic mass is 16.7. The van der Waals surface area contributed by atoms with Crippen molar-refractivity contribution in [2.75, 3.05) is 20.3 Å². The Morgan fingerprint density at radius 2 is 1.47 bits per heavy atom. The van der Waals surface area contributed by atoms with Crippen molar-refractivity contribution in [3.8, 4) is 11.5 Å². The maximum Gasteiger partial charge on any atom is 0.336 e. The molecular formula is C22H28O14. The van der Waals surface area contributed by atoms with Crippen LogP contribution < -0.4 is 15.1 Å². The van der Waals surface area contributed by atoms with Gasteiger partial charge in [-0.15, -0.1) is 0 Å². The molecule has 14 heteroatoms. The van der Waals surface area contributed by atoms with E-state index in [1.807, 2.05) is 0 Å². The van der Waals surface area contributed by atoms with E-state index < -0.39 is 80.3 Å². The molecule has 1 aromatic carbocycles. The molecule has 0 aliphatic carbocycles.